The van der Waals surface area contributed by atoms with Gasteiger partial charge in [0.05, 0.1) is 14.2 Å². The zero-order valence-corrected chi connectivity index (χ0v) is 15.3. The Bertz CT molecular complexity index is 678. The van der Waals surface area contributed by atoms with Crippen LogP contribution in [0.5, 0.6) is 0 Å². The van der Waals surface area contributed by atoms with Gasteiger partial charge in [-0.15, -0.1) is 0 Å². The molecule has 6 heteroatoms. The van der Waals surface area contributed by atoms with Gasteiger partial charge in [-0.3, -0.25) is 19.2 Å². The Kier molecular flexibility index (Phi) is 6.29. The predicted molar refractivity (Wildman–Crippen MR) is 93.4 cm³/mol. The fourth-order valence-corrected chi connectivity index (χ4v) is 3.82. The van der Waals surface area contributed by atoms with E-state index in [1.54, 1.807) is 24.3 Å². The summed E-state index contributed by atoms with van der Waals surface area (Å²) >= 11 is 0. The van der Waals surface area contributed by atoms with Crippen LogP contribution in [-0.2, 0) is 23.9 Å². The second-order valence-corrected chi connectivity index (χ2v) is 6.78. The molecule has 1 aromatic carbocycles. The molecule has 0 spiro atoms. The fourth-order valence-electron chi connectivity index (χ4n) is 3.82. The number of hydrogen-bond donors (Lipinski definition) is 0. The molecule has 140 valence electrons. The van der Waals surface area contributed by atoms with Crippen molar-refractivity contribution in [3.05, 3.63) is 35.9 Å². The summed E-state index contributed by atoms with van der Waals surface area (Å²) in [6, 6.07) is 8.88. The molecule has 0 N–H and O–H groups in total. The van der Waals surface area contributed by atoms with E-state index in [4.69, 9.17) is 9.47 Å². The number of esters is 2. The van der Waals surface area contributed by atoms with Gasteiger partial charge < -0.3 is 9.47 Å². The van der Waals surface area contributed by atoms with Gasteiger partial charge in [-0.2, -0.15) is 0 Å². The van der Waals surface area contributed by atoms with Gasteiger partial charge in [0, 0.05) is 17.9 Å². The summed E-state index contributed by atoms with van der Waals surface area (Å²) in [5.74, 6) is -2.37. The van der Waals surface area contributed by atoms with Gasteiger partial charge in [0.2, 0.25) is 0 Å². The number of benzene rings is 1. The molecule has 0 amide bonds. The van der Waals surface area contributed by atoms with E-state index in [-0.39, 0.29) is 36.7 Å². The van der Waals surface area contributed by atoms with E-state index in [0.717, 1.165) is 0 Å². The summed E-state index contributed by atoms with van der Waals surface area (Å²) in [6.07, 6.45) is 0.803. The zero-order chi connectivity index (χ0) is 19.3. The SMILES string of the molecule is COC(=O)C1(C(=O)OC)CCC(CC(=O)c2ccccc2)C(C(C)=O)C1. The molecule has 0 aromatic heterocycles. The highest BCUT2D eigenvalue weighted by Crippen LogP contribution is 2.46. The molecular formula is C20H24O6. The van der Waals surface area contributed by atoms with Gasteiger partial charge in [-0.1, -0.05) is 30.3 Å². The van der Waals surface area contributed by atoms with Gasteiger partial charge >= 0.3 is 11.9 Å². The van der Waals surface area contributed by atoms with Crippen molar-refractivity contribution in [1.82, 2.24) is 0 Å². The molecule has 2 atom stereocenters. The smallest absolute Gasteiger partial charge is 0.323 e. The first-order valence-corrected chi connectivity index (χ1v) is 8.61. The lowest BCUT2D eigenvalue weighted by Crippen LogP contribution is -2.48. The van der Waals surface area contributed by atoms with Crippen LogP contribution in [0.25, 0.3) is 0 Å². The molecule has 1 fully saturated rings. The maximum Gasteiger partial charge on any atom is 0.323 e. The normalized spacial score (nSPS) is 21.5. The second-order valence-electron chi connectivity index (χ2n) is 6.78. The average Bonchev–Trinajstić information content (AvgIpc) is 2.67. The van der Waals surface area contributed by atoms with Crippen LogP contribution in [0.4, 0.5) is 0 Å². The molecule has 2 unspecified atom stereocenters. The first-order valence-electron chi connectivity index (χ1n) is 8.61. The first kappa shape index (κ1) is 19.8. The van der Waals surface area contributed by atoms with Crippen LogP contribution < -0.4 is 0 Å². The molecule has 1 saturated carbocycles. The zero-order valence-electron chi connectivity index (χ0n) is 15.3. The van der Waals surface area contributed by atoms with Gasteiger partial charge in [0.25, 0.3) is 0 Å². The fraction of sp³-hybridized carbons (Fsp3) is 0.500. The molecule has 26 heavy (non-hydrogen) atoms. The number of Topliss-reactive ketones (excluding diaryl/α,β-unsaturated/α-hetero) is 2. The van der Waals surface area contributed by atoms with E-state index in [2.05, 4.69) is 0 Å². The Morgan fingerprint density at radius 2 is 1.62 bits per heavy atom. The van der Waals surface area contributed by atoms with Crippen molar-refractivity contribution in [2.45, 2.75) is 32.6 Å². The summed E-state index contributed by atoms with van der Waals surface area (Å²) in [6.45, 7) is 1.43. The number of carbonyl (C=O) groups excluding carboxylic acids is 4. The molecule has 0 bridgehead atoms. The molecule has 1 aliphatic rings. The Hall–Kier alpha value is -2.50. The van der Waals surface area contributed by atoms with Crippen LogP contribution >= 0.6 is 0 Å². The lowest BCUT2D eigenvalue weighted by atomic mass is 9.63. The van der Waals surface area contributed by atoms with Crippen LogP contribution in [0.15, 0.2) is 30.3 Å². The number of carbonyl (C=O) groups is 4. The third-order valence-electron chi connectivity index (χ3n) is 5.30. The Morgan fingerprint density at radius 3 is 2.12 bits per heavy atom. The number of rotatable bonds is 6. The van der Waals surface area contributed by atoms with Crippen LogP contribution in [0, 0.1) is 17.3 Å². The van der Waals surface area contributed by atoms with Crippen molar-refractivity contribution in [3.8, 4) is 0 Å². The number of ether oxygens (including phenoxy) is 2. The minimum absolute atomic E-state index is 0.00835. The summed E-state index contributed by atoms with van der Waals surface area (Å²) < 4.78 is 9.62. The van der Waals surface area contributed by atoms with E-state index >= 15 is 0 Å². The van der Waals surface area contributed by atoms with E-state index in [1.807, 2.05) is 6.07 Å². The highest BCUT2D eigenvalue weighted by Gasteiger charge is 2.54. The van der Waals surface area contributed by atoms with Crippen molar-refractivity contribution in [1.29, 1.82) is 0 Å². The summed E-state index contributed by atoms with van der Waals surface area (Å²) in [5.41, 5.74) is -0.890. The van der Waals surface area contributed by atoms with E-state index in [0.29, 0.717) is 12.0 Å². The Morgan fingerprint density at radius 1 is 1.04 bits per heavy atom. The Balaban J connectivity index is 2.24. The van der Waals surface area contributed by atoms with Crippen molar-refractivity contribution in [2.24, 2.45) is 17.3 Å². The maximum absolute atomic E-state index is 12.5. The van der Waals surface area contributed by atoms with Crippen LogP contribution in [0.1, 0.15) is 43.0 Å². The van der Waals surface area contributed by atoms with Crippen molar-refractivity contribution in [2.75, 3.05) is 14.2 Å². The minimum atomic E-state index is -1.48. The molecule has 1 aromatic rings. The predicted octanol–water partition coefficient (Wildman–Crippen LogP) is 2.60. The summed E-state index contributed by atoms with van der Waals surface area (Å²) in [4.78, 5) is 49.4. The van der Waals surface area contributed by atoms with Crippen molar-refractivity contribution < 1.29 is 28.7 Å². The van der Waals surface area contributed by atoms with Crippen LogP contribution in [0.3, 0.4) is 0 Å². The summed E-state index contributed by atoms with van der Waals surface area (Å²) in [7, 11) is 2.42. The highest BCUT2D eigenvalue weighted by molar-refractivity contribution is 6.01. The third kappa shape index (κ3) is 3.84. The number of hydrogen-bond acceptors (Lipinski definition) is 6. The lowest BCUT2D eigenvalue weighted by Gasteiger charge is -2.39. The Labute approximate surface area is 152 Å². The first-order chi connectivity index (χ1) is 12.4. The molecule has 0 radical (unpaired) electrons. The highest BCUT2D eigenvalue weighted by atomic mass is 16.5. The van der Waals surface area contributed by atoms with Gasteiger partial charge in [0.1, 0.15) is 5.78 Å². The number of methoxy groups -OCH3 is 2. The quantitative estimate of drug-likeness (QED) is 0.440. The second kappa shape index (κ2) is 8.25. The van der Waals surface area contributed by atoms with Crippen molar-refractivity contribution in [3.63, 3.8) is 0 Å². The lowest BCUT2D eigenvalue weighted by molar-refractivity contribution is -0.174. The summed E-state index contributed by atoms with van der Waals surface area (Å²) in [5, 5.41) is 0. The van der Waals surface area contributed by atoms with Crippen molar-refractivity contribution >= 4 is 23.5 Å². The molecule has 1 aliphatic carbocycles. The third-order valence-corrected chi connectivity index (χ3v) is 5.30. The van der Waals surface area contributed by atoms with Crippen LogP contribution in [0.2, 0.25) is 0 Å². The minimum Gasteiger partial charge on any atom is -0.468 e. The topological polar surface area (TPSA) is 86.7 Å². The molecule has 0 aliphatic heterocycles. The van der Waals surface area contributed by atoms with Gasteiger partial charge in [-0.05, 0) is 32.1 Å². The standard InChI is InChI=1S/C20H24O6/c1-13(21)16-12-20(18(23)25-2,19(24)26-3)10-9-15(16)11-17(22)14-7-5-4-6-8-14/h4-8,15-16H,9-12H2,1-3H3. The average molecular weight is 360 g/mol. The van der Waals surface area contributed by atoms with E-state index in [9.17, 15) is 19.2 Å². The van der Waals surface area contributed by atoms with E-state index < -0.39 is 23.3 Å². The molecular weight excluding hydrogens is 336 g/mol. The largest absolute Gasteiger partial charge is 0.468 e. The maximum atomic E-state index is 12.5. The van der Waals surface area contributed by atoms with E-state index in [1.165, 1.54) is 21.1 Å². The molecule has 0 heterocycles. The molecule has 0 saturated heterocycles. The van der Waals surface area contributed by atoms with Gasteiger partial charge in [-0.25, -0.2) is 0 Å². The van der Waals surface area contributed by atoms with Gasteiger partial charge in [0.15, 0.2) is 11.2 Å². The molecule has 2 rings (SSSR count). The number of ketones is 2. The monoisotopic (exact) mass is 360 g/mol. The van der Waals surface area contributed by atoms with Crippen LogP contribution in [-0.4, -0.2) is 37.7 Å². The molecule has 6 nitrogen and oxygen atoms in total.